The van der Waals surface area contributed by atoms with Crippen molar-refractivity contribution in [2.24, 2.45) is 18.1 Å². The number of hydrogen-bond donors (Lipinski definition) is 1. The van der Waals surface area contributed by atoms with Crippen LogP contribution in [0.15, 0.2) is 29.5 Å². The predicted octanol–water partition coefficient (Wildman–Crippen LogP) is 1.69. The van der Waals surface area contributed by atoms with Crippen molar-refractivity contribution >= 4 is 33.2 Å². The summed E-state index contributed by atoms with van der Waals surface area (Å²) in [6.07, 6.45) is 3.16. The Morgan fingerprint density at radius 1 is 1.36 bits per heavy atom. The first-order valence-electron chi connectivity index (χ1n) is 9.26. The van der Waals surface area contributed by atoms with Crippen molar-refractivity contribution < 1.29 is 5.11 Å². The third-order valence-corrected chi connectivity index (χ3v) is 5.88. The highest BCUT2D eigenvalue weighted by atomic mass is 35.5. The van der Waals surface area contributed by atoms with Crippen LogP contribution in [0.4, 0.5) is 5.69 Å². The summed E-state index contributed by atoms with van der Waals surface area (Å²) in [4.78, 5) is 0. The van der Waals surface area contributed by atoms with E-state index in [1.165, 1.54) is 17.9 Å². The Bertz CT molecular complexity index is 1280. The van der Waals surface area contributed by atoms with Crippen LogP contribution in [-0.4, -0.2) is 25.7 Å². The molecule has 2 aliphatic rings. The molecule has 1 fully saturated rings. The molecule has 2 aromatic heterocycles. The zero-order valence-electron chi connectivity index (χ0n) is 15.6. The minimum atomic E-state index is -1.11. The van der Waals surface area contributed by atoms with Crippen molar-refractivity contribution in [1.82, 2.24) is 14.3 Å². The van der Waals surface area contributed by atoms with Crippen molar-refractivity contribution in [3.63, 3.8) is 0 Å². The highest BCUT2D eigenvalue weighted by molar-refractivity contribution is 6.46. The van der Waals surface area contributed by atoms with Gasteiger partial charge in [-0.1, -0.05) is 11.6 Å². The lowest BCUT2D eigenvalue weighted by atomic mass is 10.2. The van der Waals surface area contributed by atoms with E-state index >= 15 is 0 Å². The fourth-order valence-electron chi connectivity index (χ4n) is 3.85. The highest BCUT2D eigenvalue weighted by Crippen LogP contribution is 2.31. The normalized spacial score (nSPS) is 18.9. The van der Waals surface area contributed by atoms with E-state index in [1.807, 2.05) is 42.9 Å². The third-order valence-electron chi connectivity index (χ3n) is 5.51. The first-order chi connectivity index (χ1) is 13.5. The lowest BCUT2D eigenvalue weighted by Crippen LogP contribution is -2.46. The number of anilines is 1. The first kappa shape index (κ1) is 17.3. The van der Waals surface area contributed by atoms with Crippen LogP contribution >= 0.6 is 11.6 Å². The summed E-state index contributed by atoms with van der Waals surface area (Å²) in [6, 6.07) is 7.90. The van der Waals surface area contributed by atoms with E-state index in [0.29, 0.717) is 32.9 Å². The molecule has 1 unspecified atom stereocenters. The van der Waals surface area contributed by atoms with E-state index in [1.54, 1.807) is 4.68 Å². The summed E-state index contributed by atoms with van der Waals surface area (Å²) in [5.41, 5.74) is 2.90. The molecule has 1 atom stereocenters. The molecule has 0 bridgehead atoms. The molecular weight excluding hydrogens is 376 g/mol. The molecule has 1 saturated carbocycles. The molecule has 28 heavy (non-hydrogen) atoms. The van der Waals surface area contributed by atoms with Crippen molar-refractivity contribution in [2.45, 2.75) is 32.5 Å². The van der Waals surface area contributed by atoms with Gasteiger partial charge in [0.05, 0.1) is 21.6 Å². The summed E-state index contributed by atoms with van der Waals surface area (Å²) in [7, 11) is 1.86. The van der Waals surface area contributed by atoms with Crippen LogP contribution in [0.5, 0.6) is 0 Å². The fraction of sp³-hybridized carbons (Fsp3) is 0.350. The van der Waals surface area contributed by atoms with Gasteiger partial charge in [0.25, 0.3) is 0 Å². The minimum Gasteiger partial charge on any atom is -0.367 e. The van der Waals surface area contributed by atoms with E-state index in [2.05, 4.69) is 16.3 Å². The molecule has 7 nitrogen and oxygen atoms in total. The van der Waals surface area contributed by atoms with Crippen molar-refractivity contribution in [3.05, 3.63) is 46.4 Å². The van der Waals surface area contributed by atoms with Gasteiger partial charge in [-0.3, -0.25) is 4.68 Å². The maximum absolute atomic E-state index is 10.9. The second kappa shape index (κ2) is 6.09. The lowest BCUT2D eigenvalue weighted by molar-refractivity contribution is 0.225. The summed E-state index contributed by atoms with van der Waals surface area (Å²) >= 11 is 6.63. The van der Waals surface area contributed by atoms with Crippen LogP contribution in [0.2, 0.25) is 0 Å². The number of nitriles is 1. The van der Waals surface area contributed by atoms with E-state index in [0.717, 1.165) is 23.1 Å². The maximum Gasteiger partial charge on any atom is 0.186 e. The lowest BCUT2D eigenvalue weighted by Gasteiger charge is -2.27. The van der Waals surface area contributed by atoms with Gasteiger partial charge in [-0.25, -0.2) is 5.01 Å². The molecular formula is C20H19ClN6O. The molecule has 0 saturated heterocycles. The van der Waals surface area contributed by atoms with Crippen molar-refractivity contribution in [3.8, 4) is 6.07 Å². The molecule has 3 aromatic rings. The summed E-state index contributed by atoms with van der Waals surface area (Å²) in [5, 5.41) is 33.5. The number of aliphatic hydroxyl groups is 1. The first-order valence-corrected chi connectivity index (χ1v) is 9.64. The van der Waals surface area contributed by atoms with Gasteiger partial charge in [0.15, 0.2) is 6.23 Å². The quantitative estimate of drug-likeness (QED) is 0.732. The Labute approximate surface area is 166 Å². The third kappa shape index (κ3) is 2.53. The average Bonchev–Trinajstić information content (AvgIpc) is 3.35. The predicted molar refractivity (Wildman–Crippen MR) is 106 cm³/mol. The Hall–Kier alpha value is -2.82. The molecule has 8 heteroatoms. The second-order valence-corrected chi connectivity index (χ2v) is 7.94. The Kier molecular flexibility index (Phi) is 3.76. The second-order valence-electron chi connectivity index (χ2n) is 7.54. The van der Waals surface area contributed by atoms with Crippen LogP contribution in [0.3, 0.4) is 0 Å². The van der Waals surface area contributed by atoms with E-state index in [-0.39, 0.29) is 0 Å². The van der Waals surface area contributed by atoms with Crippen LogP contribution in [-0.2, 0) is 13.6 Å². The summed E-state index contributed by atoms with van der Waals surface area (Å²) in [6.45, 7) is 2.72. The van der Waals surface area contributed by atoms with Gasteiger partial charge < -0.3 is 9.67 Å². The average molecular weight is 395 g/mol. The standard InChI is InChI=1S/C20H19ClN6O/c1-11-15(8-22)18-19(26(11)9-12-3-4-12)17(21)20(28)27(24-18)14-5-6-16-13(7-14)10-25(2)23-16/h5-7,10,12,20,28H,3-4,9H2,1-2H3. The monoisotopic (exact) mass is 394 g/mol. The molecule has 0 spiro atoms. The number of fused-ring (bicyclic) bond motifs is 2. The van der Waals surface area contributed by atoms with E-state index < -0.39 is 6.23 Å². The highest BCUT2D eigenvalue weighted by Gasteiger charge is 2.31. The zero-order chi connectivity index (χ0) is 19.6. The maximum atomic E-state index is 10.9. The Morgan fingerprint density at radius 2 is 2.14 bits per heavy atom. The van der Waals surface area contributed by atoms with Gasteiger partial charge in [0.2, 0.25) is 0 Å². The Balaban J connectivity index is 1.71. The van der Waals surface area contributed by atoms with Gasteiger partial charge in [-0.05, 0) is 43.9 Å². The van der Waals surface area contributed by atoms with Crippen LogP contribution in [0, 0.1) is 24.2 Å². The molecule has 1 aromatic carbocycles. The molecule has 5 rings (SSSR count). The number of aromatic nitrogens is 3. The number of nitrogens with zero attached hydrogens (tertiary/aromatic N) is 6. The van der Waals surface area contributed by atoms with E-state index in [4.69, 9.17) is 11.6 Å². The smallest absolute Gasteiger partial charge is 0.186 e. The molecule has 142 valence electrons. The van der Waals surface area contributed by atoms with E-state index in [9.17, 15) is 10.4 Å². The summed E-state index contributed by atoms with van der Waals surface area (Å²) < 4.78 is 3.78. The number of benzene rings is 1. The number of hydrogen-bond acceptors (Lipinski definition) is 5. The number of rotatable bonds is 3. The van der Waals surface area contributed by atoms with Gasteiger partial charge in [0.1, 0.15) is 17.0 Å². The minimum absolute atomic E-state index is 0.293. The topological polar surface area (TPSA) is 82.4 Å². The van der Waals surface area contributed by atoms with Gasteiger partial charge in [-0.15, -0.1) is 0 Å². The van der Waals surface area contributed by atoms with Crippen molar-refractivity contribution in [2.75, 3.05) is 5.01 Å². The van der Waals surface area contributed by atoms with Gasteiger partial charge >= 0.3 is 0 Å². The fourth-order valence-corrected chi connectivity index (χ4v) is 4.13. The van der Waals surface area contributed by atoms with Gasteiger partial charge in [0, 0.05) is 30.9 Å². The van der Waals surface area contributed by atoms with Gasteiger partial charge in [-0.2, -0.15) is 15.5 Å². The van der Waals surface area contributed by atoms with Crippen molar-refractivity contribution in [1.29, 1.82) is 5.26 Å². The zero-order valence-corrected chi connectivity index (χ0v) is 16.3. The molecule has 0 amide bonds. The largest absolute Gasteiger partial charge is 0.367 e. The Morgan fingerprint density at radius 3 is 2.86 bits per heavy atom. The summed E-state index contributed by atoms with van der Waals surface area (Å²) in [5.74, 6) is 0.606. The molecule has 1 N–H and O–H groups in total. The number of aliphatic hydroxyl groups excluding tert-OH is 1. The molecule has 0 radical (unpaired) electrons. The SMILES string of the molecule is Cc1c(C#N)c2c(n1CC1CC1)=C(Cl)C(O)N(c1ccc3nn(C)cc3c1)N=2. The number of halogens is 1. The van der Waals surface area contributed by atoms with Crippen LogP contribution in [0.25, 0.3) is 15.9 Å². The molecule has 1 aliphatic carbocycles. The molecule has 1 aliphatic heterocycles. The number of aryl methyl sites for hydroxylation is 1. The molecule has 3 heterocycles. The van der Waals surface area contributed by atoms with Crippen LogP contribution < -0.4 is 15.7 Å². The van der Waals surface area contributed by atoms with Crippen LogP contribution in [0.1, 0.15) is 24.1 Å².